The Morgan fingerprint density at radius 1 is 1.20 bits per heavy atom. The summed E-state index contributed by atoms with van der Waals surface area (Å²) in [6, 6.07) is 5.68. The Morgan fingerprint density at radius 2 is 1.93 bits per heavy atom. The Kier molecular flexibility index (Phi) is 6.61. The van der Waals surface area contributed by atoms with Crippen molar-refractivity contribution in [1.29, 1.82) is 0 Å². The lowest BCUT2D eigenvalue weighted by Crippen LogP contribution is -2.58. The molecule has 0 bridgehead atoms. The average Bonchev–Trinajstić information content (AvgIpc) is 3.12. The van der Waals surface area contributed by atoms with Crippen LogP contribution in [0.25, 0.3) is 10.1 Å². The highest BCUT2D eigenvalue weighted by molar-refractivity contribution is 7.17. The van der Waals surface area contributed by atoms with E-state index in [1.807, 2.05) is 29.6 Å². The minimum absolute atomic E-state index is 0.0659. The Balaban J connectivity index is 1.64. The topological polar surface area (TPSA) is 121 Å². The van der Waals surface area contributed by atoms with Crippen molar-refractivity contribution >= 4 is 50.7 Å². The van der Waals surface area contributed by atoms with Crippen molar-refractivity contribution in [2.24, 2.45) is 5.92 Å². The summed E-state index contributed by atoms with van der Waals surface area (Å²) >= 11 is 1.50. The highest BCUT2D eigenvalue weighted by atomic mass is 32.1. The van der Waals surface area contributed by atoms with E-state index in [-0.39, 0.29) is 25.3 Å². The second kappa shape index (κ2) is 9.17. The largest absolute Gasteiger partial charge is 0.349 e. The van der Waals surface area contributed by atoms with Crippen molar-refractivity contribution in [2.45, 2.75) is 38.8 Å². The third kappa shape index (κ3) is 4.73. The first-order chi connectivity index (χ1) is 14.3. The maximum Gasteiger partial charge on any atom is 0.289 e. The molecule has 0 saturated carbocycles. The number of piperidine rings is 1. The van der Waals surface area contributed by atoms with Crippen LogP contribution >= 0.6 is 11.3 Å². The highest BCUT2D eigenvalue weighted by Crippen LogP contribution is 2.26. The summed E-state index contributed by atoms with van der Waals surface area (Å²) < 4.78 is 1.03. The summed E-state index contributed by atoms with van der Waals surface area (Å²) in [5, 5.41) is 10.2. The van der Waals surface area contributed by atoms with E-state index < -0.39 is 41.4 Å². The van der Waals surface area contributed by atoms with E-state index in [0.29, 0.717) is 0 Å². The first-order valence-corrected chi connectivity index (χ1v) is 10.6. The maximum atomic E-state index is 12.6. The maximum absolute atomic E-state index is 12.6. The standard InChI is InChI=1S/C21H23N3O5S/c1-11(2)17(20(28)23-14-7-8-22-21(29)18(14)26)24-19(27)15(25)9-12-10-30-16-6-4-3-5-13(12)16/h3-6,10-11,14,17H,7-9H2,1-2H3,(H,22,29)(H,23,28)(H,24,27). The number of carbonyl (C=O) groups is 5. The van der Waals surface area contributed by atoms with Gasteiger partial charge in [0, 0.05) is 17.7 Å². The number of hydrogen-bond acceptors (Lipinski definition) is 6. The quantitative estimate of drug-likeness (QED) is 0.560. The number of amides is 3. The average molecular weight is 429 g/mol. The molecule has 2 unspecified atom stereocenters. The first kappa shape index (κ1) is 21.6. The van der Waals surface area contributed by atoms with Crippen molar-refractivity contribution in [3.05, 3.63) is 35.2 Å². The number of Topliss-reactive ketones (excluding diaryl/α,β-unsaturated/α-hetero) is 2. The molecule has 3 rings (SSSR count). The molecule has 9 heteroatoms. The molecular weight excluding hydrogens is 406 g/mol. The summed E-state index contributed by atoms with van der Waals surface area (Å²) in [4.78, 5) is 61.0. The van der Waals surface area contributed by atoms with Gasteiger partial charge in [-0.15, -0.1) is 11.3 Å². The van der Waals surface area contributed by atoms with Crippen LogP contribution in [0.3, 0.4) is 0 Å². The number of rotatable bonds is 7. The fourth-order valence-corrected chi connectivity index (χ4v) is 4.25. The minimum Gasteiger partial charge on any atom is -0.349 e. The molecule has 1 fully saturated rings. The highest BCUT2D eigenvalue weighted by Gasteiger charge is 2.34. The van der Waals surface area contributed by atoms with E-state index in [2.05, 4.69) is 16.0 Å². The van der Waals surface area contributed by atoms with E-state index in [4.69, 9.17) is 0 Å². The van der Waals surface area contributed by atoms with Crippen molar-refractivity contribution in [3.63, 3.8) is 0 Å². The Hall–Kier alpha value is -3.07. The normalized spacial score (nSPS) is 17.5. The van der Waals surface area contributed by atoms with Crippen molar-refractivity contribution in [1.82, 2.24) is 16.0 Å². The van der Waals surface area contributed by atoms with Gasteiger partial charge < -0.3 is 16.0 Å². The second-order valence-electron chi connectivity index (χ2n) is 7.52. The molecule has 1 aliphatic rings. The molecule has 0 aliphatic carbocycles. The Bertz CT molecular complexity index is 1010. The van der Waals surface area contributed by atoms with Gasteiger partial charge in [0.2, 0.25) is 17.5 Å². The van der Waals surface area contributed by atoms with Crippen LogP contribution in [0.15, 0.2) is 29.6 Å². The van der Waals surface area contributed by atoms with Crippen LogP contribution in [0.2, 0.25) is 0 Å². The molecule has 158 valence electrons. The third-order valence-electron chi connectivity index (χ3n) is 4.98. The first-order valence-electron chi connectivity index (χ1n) is 9.69. The van der Waals surface area contributed by atoms with Crippen LogP contribution in [0.5, 0.6) is 0 Å². The monoisotopic (exact) mass is 429 g/mol. The molecule has 3 N–H and O–H groups in total. The van der Waals surface area contributed by atoms with Crippen LogP contribution < -0.4 is 16.0 Å². The van der Waals surface area contributed by atoms with Crippen molar-refractivity contribution < 1.29 is 24.0 Å². The molecule has 2 heterocycles. The number of benzene rings is 1. The summed E-state index contributed by atoms with van der Waals surface area (Å²) in [7, 11) is 0. The molecule has 1 aliphatic heterocycles. The molecule has 1 saturated heterocycles. The van der Waals surface area contributed by atoms with E-state index >= 15 is 0 Å². The number of hydrogen-bond donors (Lipinski definition) is 3. The number of carbonyl (C=O) groups excluding carboxylic acids is 5. The Morgan fingerprint density at radius 3 is 2.67 bits per heavy atom. The van der Waals surface area contributed by atoms with Crippen molar-refractivity contribution in [2.75, 3.05) is 6.54 Å². The SMILES string of the molecule is CC(C)C(NC(=O)C(=O)Cc1csc2ccccc12)C(=O)NC1CCNC(=O)C1=O. The van der Waals surface area contributed by atoms with Gasteiger partial charge in [-0.1, -0.05) is 32.0 Å². The lowest BCUT2D eigenvalue weighted by atomic mass is 9.99. The predicted octanol–water partition coefficient (Wildman–Crippen LogP) is 0.727. The number of nitrogens with one attached hydrogen (secondary N) is 3. The zero-order valence-corrected chi connectivity index (χ0v) is 17.5. The molecule has 2 aromatic rings. The second-order valence-corrected chi connectivity index (χ2v) is 8.43. The third-order valence-corrected chi connectivity index (χ3v) is 5.99. The smallest absolute Gasteiger partial charge is 0.289 e. The van der Waals surface area contributed by atoms with Crippen LogP contribution in [-0.4, -0.2) is 47.9 Å². The van der Waals surface area contributed by atoms with Gasteiger partial charge in [0.25, 0.3) is 11.8 Å². The molecule has 30 heavy (non-hydrogen) atoms. The molecule has 3 amide bonds. The summed E-state index contributed by atoms with van der Waals surface area (Å²) in [5.41, 5.74) is 0.764. The molecule has 1 aromatic heterocycles. The lowest BCUT2D eigenvalue weighted by molar-refractivity contribution is -0.142. The van der Waals surface area contributed by atoms with Gasteiger partial charge in [0.05, 0.1) is 6.04 Å². The van der Waals surface area contributed by atoms with Crippen LogP contribution in [0.4, 0.5) is 0 Å². The number of ketones is 2. The van der Waals surface area contributed by atoms with Gasteiger partial charge in [-0.3, -0.25) is 24.0 Å². The number of thiophene rings is 1. The van der Waals surface area contributed by atoms with Crippen LogP contribution in [0, 0.1) is 5.92 Å². The van der Waals surface area contributed by atoms with Crippen LogP contribution in [-0.2, 0) is 30.4 Å². The molecular formula is C21H23N3O5S. The molecule has 0 spiro atoms. The molecule has 2 atom stereocenters. The van der Waals surface area contributed by atoms with Crippen molar-refractivity contribution in [3.8, 4) is 0 Å². The van der Waals surface area contributed by atoms with Crippen LogP contribution in [0.1, 0.15) is 25.8 Å². The Labute approximate surface area is 177 Å². The minimum atomic E-state index is -1.00. The fraction of sp³-hybridized carbons (Fsp3) is 0.381. The lowest BCUT2D eigenvalue weighted by Gasteiger charge is -2.26. The van der Waals surface area contributed by atoms with E-state index in [1.54, 1.807) is 13.8 Å². The zero-order valence-electron chi connectivity index (χ0n) is 16.7. The van der Waals surface area contributed by atoms with Gasteiger partial charge in [0.15, 0.2) is 0 Å². The van der Waals surface area contributed by atoms with E-state index in [0.717, 1.165) is 15.6 Å². The van der Waals surface area contributed by atoms with E-state index in [9.17, 15) is 24.0 Å². The predicted molar refractivity (Wildman–Crippen MR) is 112 cm³/mol. The molecule has 1 aromatic carbocycles. The molecule has 0 radical (unpaired) electrons. The van der Waals surface area contributed by atoms with Gasteiger partial charge in [0.1, 0.15) is 6.04 Å². The van der Waals surface area contributed by atoms with E-state index in [1.165, 1.54) is 11.3 Å². The summed E-state index contributed by atoms with van der Waals surface area (Å²) in [6.07, 6.45) is 0.211. The molecule has 8 nitrogen and oxygen atoms in total. The summed E-state index contributed by atoms with van der Waals surface area (Å²) in [6.45, 7) is 3.72. The number of fused-ring (bicyclic) bond motifs is 1. The van der Waals surface area contributed by atoms with Gasteiger partial charge >= 0.3 is 0 Å². The van der Waals surface area contributed by atoms with Gasteiger partial charge in [-0.25, -0.2) is 0 Å². The zero-order chi connectivity index (χ0) is 21.8. The van der Waals surface area contributed by atoms with Gasteiger partial charge in [-0.2, -0.15) is 0 Å². The summed E-state index contributed by atoms with van der Waals surface area (Å²) in [5.74, 6) is -3.88. The fourth-order valence-electron chi connectivity index (χ4n) is 3.29. The van der Waals surface area contributed by atoms with Gasteiger partial charge in [-0.05, 0) is 34.7 Å².